The smallest absolute Gasteiger partial charge is 0.255 e. The minimum atomic E-state index is -0.596. The molecule has 0 saturated carbocycles. The summed E-state index contributed by atoms with van der Waals surface area (Å²) in [5.41, 5.74) is 7.12. The number of phenols is 1. The predicted molar refractivity (Wildman–Crippen MR) is 70.1 cm³/mol. The Morgan fingerprint density at radius 2 is 2.00 bits per heavy atom. The van der Waals surface area contributed by atoms with Crippen LogP contribution < -0.4 is 11.1 Å². The molecule has 98 valence electrons. The van der Waals surface area contributed by atoms with Crippen LogP contribution in [-0.4, -0.2) is 11.0 Å². The molecule has 2 aromatic carbocycles. The quantitative estimate of drug-likeness (QED) is 0.739. The van der Waals surface area contributed by atoms with Crippen molar-refractivity contribution in [1.82, 2.24) is 5.32 Å². The Labute approximate surface area is 109 Å². The minimum Gasteiger partial charge on any atom is -0.507 e. The van der Waals surface area contributed by atoms with E-state index >= 15 is 0 Å². The number of benzene rings is 2. The predicted octanol–water partition coefficient (Wildman–Crippen LogP) is 2.04. The lowest BCUT2D eigenvalue weighted by Gasteiger charge is -2.08. The molecule has 2 rings (SSSR count). The number of amides is 1. The molecule has 0 saturated heterocycles. The molecule has 0 aliphatic carbocycles. The van der Waals surface area contributed by atoms with Crippen molar-refractivity contribution < 1.29 is 14.3 Å². The first-order valence-corrected chi connectivity index (χ1v) is 5.68. The fourth-order valence-electron chi connectivity index (χ4n) is 1.66. The molecule has 2 aromatic rings. The van der Waals surface area contributed by atoms with Crippen molar-refractivity contribution in [3.63, 3.8) is 0 Å². The van der Waals surface area contributed by atoms with Gasteiger partial charge < -0.3 is 16.2 Å². The fourth-order valence-corrected chi connectivity index (χ4v) is 1.66. The van der Waals surface area contributed by atoms with Crippen LogP contribution in [-0.2, 0) is 6.54 Å². The lowest BCUT2D eigenvalue weighted by Crippen LogP contribution is -2.23. The average molecular weight is 260 g/mol. The van der Waals surface area contributed by atoms with Crippen LogP contribution in [0.1, 0.15) is 15.9 Å². The van der Waals surface area contributed by atoms with Gasteiger partial charge in [-0.25, -0.2) is 4.39 Å². The molecule has 5 heteroatoms. The average Bonchev–Trinajstić information content (AvgIpc) is 2.37. The highest BCUT2D eigenvalue weighted by Crippen LogP contribution is 2.18. The van der Waals surface area contributed by atoms with Gasteiger partial charge in [0, 0.05) is 18.3 Å². The van der Waals surface area contributed by atoms with Gasteiger partial charge in [0.2, 0.25) is 0 Å². The third-order valence-electron chi connectivity index (χ3n) is 2.70. The van der Waals surface area contributed by atoms with Gasteiger partial charge >= 0.3 is 0 Å². The molecule has 0 atom stereocenters. The summed E-state index contributed by atoms with van der Waals surface area (Å²) in [4.78, 5) is 11.8. The molecular formula is C14H13FN2O2. The first-order chi connectivity index (χ1) is 9.08. The summed E-state index contributed by atoms with van der Waals surface area (Å²) in [7, 11) is 0. The standard InChI is InChI=1S/C14H13FN2O2/c15-10-5-6-11(13(18)7-10)14(19)17-8-9-3-1-2-4-12(9)16/h1-7,18H,8,16H2,(H,17,19). The molecule has 4 nitrogen and oxygen atoms in total. The molecule has 19 heavy (non-hydrogen) atoms. The second-order valence-electron chi connectivity index (χ2n) is 4.04. The number of carbonyl (C=O) groups is 1. The number of rotatable bonds is 3. The number of nitrogens with one attached hydrogen (secondary N) is 1. The number of hydrogen-bond donors (Lipinski definition) is 3. The highest BCUT2D eigenvalue weighted by atomic mass is 19.1. The topological polar surface area (TPSA) is 75.3 Å². The Hall–Kier alpha value is -2.56. The highest BCUT2D eigenvalue weighted by molar-refractivity contribution is 5.96. The van der Waals surface area contributed by atoms with Gasteiger partial charge in [-0.15, -0.1) is 0 Å². The van der Waals surface area contributed by atoms with E-state index in [2.05, 4.69) is 5.32 Å². The van der Waals surface area contributed by atoms with E-state index in [1.165, 1.54) is 6.07 Å². The maximum absolute atomic E-state index is 12.8. The number of anilines is 1. The van der Waals surface area contributed by atoms with Crippen LogP contribution >= 0.6 is 0 Å². The first kappa shape index (κ1) is 12.9. The number of para-hydroxylation sites is 1. The van der Waals surface area contributed by atoms with Crippen molar-refractivity contribution in [2.45, 2.75) is 6.54 Å². The van der Waals surface area contributed by atoms with Gasteiger partial charge in [0.15, 0.2) is 0 Å². The second kappa shape index (κ2) is 5.39. The summed E-state index contributed by atoms with van der Waals surface area (Å²) in [5, 5.41) is 12.1. The SMILES string of the molecule is Nc1ccccc1CNC(=O)c1ccc(F)cc1O. The van der Waals surface area contributed by atoms with E-state index in [9.17, 15) is 14.3 Å². The van der Waals surface area contributed by atoms with Gasteiger partial charge in [-0.3, -0.25) is 4.79 Å². The zero-order valence-electron chi connectivity index (χ0n) is 10.1. The van der Waals surface area contributed by atoms with E-state index in [1.807, 2.05) is 6.07 Å². The summed E-state index contributed by atoms with van der Waals surface area (Å²) in [5.74, 6) is -1.47. The van der Waals surface area contributed by atoms with Crippen LogP contribution in [0.4, 0.5) is 10.1 Å². The van der Waals surface area contributed by atoms with E-state index < -0.39 is 17.5 Å². The molecule has 0 heterocycles. The number of hydrogen-bond acceptors (Lipinski definition) is 3. The Morgan fingerprint density at radius 3 is 2.68 bits per heavy atom. The van der Waals surface area contributed by atoms with Crippen molar-refractivity contribution in [1.29, 1.82) is 0 Å². The molecule has 0 aromatic heterocycles. The minimum absolute atomic E-state index is 0.0240. The number of aromatic hydroxyl groups is 1. The molecule has 4 N–H and O–H groups in total. The Kier molecular flexibility index (Phi) is 3.66. The maximum Gasteiger partial charge on any atom is 0.255 e. The van der Waals surface area contributed by atoms with Crippen molar-refractivity contribution in [3.8, 4) is 5.75 Å². The van der Waals surface area contributed by atoms with Gasteiger partial charge in [0.25, 0.3) is 5.91 Å². The Morgan fingerprint density at radius 1 is 1.26 bits per heavy atom. The normalized spacial score (nSPS) is 10.2. The monoisotopic (exact) mass is 260 g/mol. The third kappa shape index (κ3) is 3.01. The van der Waals surface area contributed by atoms with Gasteiger partial charge in [0.05, 0.1) is 5.56 Å². The van der Waals surface area contributed by atoms with Gasteiger partial charge in [-0.1, -0.05) is 18.2 Å². The summed E-state index contributed by atoms with van der Waals surface area (Å²) < 4.78 is 12.8. The number of carbonyl (C=O) groups excluding carboxylic acids is 1. The third-order valence-corrected chi connectivity index (χ3v) is 2.70. The molecular weight excluding hydrogens is 247 g/mol. The largest absolute Gasteiger partial charge is 0.507 e. The first-order valence-electron chi connectivity index (χ1n) is 5.68. The summed E-state index contributed by atoms with van der Waals surface area (Å²) in [6.45, 7) is 0.238. The molecule has 0 bridgehead atoms. The number of halogens is 1. The molecule has 0 fully saturated rings. The fraction of sp³-hybridized carbons (Fsp3) is 0.0714. The van der Waals surface area contributed by atoms with Crippen LogP contribution in [0.2, 0.25) is 0 Å². The van der Waals surface area contributed by atoms with Crippen LogP contribution in [0.3, 0.4) is 0 Å². The Balaban J connectivity index is 2.08. The van der Waals surface area contributed by atoms with Crippen LogP contribution in [0.25, 0.3) is 0 Å². The molecule has 1 amide bonds. The zero-order chi connectivity index (χ0) is 13.8. The van der Waals surface area contributed by atoms with Crippen LogP contribution in [0, 0.1) is 5.82 Å². The molecule has 0 aliphatic rings. The Bertz CT molecular complexity index is 614. The maximum atomic E-state index is 12.8. The van der Waals surface area contributed by atoms with Gasteiger partial charge in [-0.2, -0.15) is 0 Å². The van der Waals surface area contributed by atoms with E-state index in [1.54, 1.807) is 18.2 Å². The highest BCUT2D eigenvalue weighted by Gasteiger charge is 2.11. The van der Waals surface area contributed by atoms with E-state index in [0.29, 0.717) is 5.69 Å². The van der Waals surface area contributed by atoms with Crippen molar-refractivity contribution in [2.24, 2.45) is 0 Å². The van der Waals surface area contributed by atoms with Crippen molar-refractivity contribution in [2.75, 3.05) is 5.73 Å². The van der Waals surface area contributed by atoms with Gasteiger partial charge in [-0.05, 0) is 23.8 Å². The van der Waals surface area contributed by atoms with E-state index in [0.717, 1.165) is 17.7 Å². The van der Waals surface area contributed by atoms with Crippen LogP contribution in [0.5, 0.6) is 5.75 Å². The number of nitrogens with two attached hydrogens (primary N) is 1. The molecule has 0 spiro atoms. The number of nitrogen functional groups attached to an aromatic ring is 1. The molecule has 0 unspecified atom stereocenters. The molecule has 0 radical (unpaired) electrons. The summed E-state index contributed by atoms with van der Waals surface area (Å²) >= 11 is 0. The lowest BCUT2D eigenvalue weighted by atomic mass is 10.1. The second-order valence-corrected chi connectivity index (χ2v) is 4.04. The summed E-state index contributed by atoms with van der Waals surface area (Å²) in [6, 6.07) is 10.4. The van der Waals surface area contributed by atoms with Crippen molar-refractivity contribution >= 4 is 11.6 Å². The molecule has 0 aliphatic heterocycles. The summed E-state index contributed by atoms with van der Waals surface area (Å²) in [6.07, 6.45) is 0. The number of phenolic OH excluding ortho intramolecular Hbond substituents is 1. The van der Waals surface area contributed by atoms with E-state index in [-0.39, 0.29) is 12.1 Å². The van der Waals surface area contributed by atoms with Crippen molar-refractivity contribution in [3.05, 3.63) is 59.4 Å². The van der Waals surface area contributed by atoms with Gasteiger partial charge in [0.1, 0.15) is 11.6 Å². The zero-order valence-corrected chi connectivity index (χ0v) is 10.1. The lowest BCUT2D eigenvalue weighted by molar-refractivity contribution is 0.0948. The van der Waals surface area contributed by atoms with E-state index in [4.69, 9.17) is 5.73 Å². The van der Waals surface area contributed by atoms with Crippen LogP contribution in [0.15, 0.2) is 42.5 Å².